The number of benzene rings is 1. The second kappa shape index (κ2) is 5.76. The molecular weight excluding hydrogens is 270 g/mol. The van der Waals surface area contributed by atoms with Crippen molar-refractivity contribution in [2.75, 3.05) is 13.2 Å². The lowest BCUT2D eigenvalue weighted by Gasteiger charge is -2.26. The van der Waals surface area contributed by atoms with Crippen LogP contribution in [0.15, 0.2) is 18.2 Å². The quantitative estimate of drug-likeness (QED) is 0.746. The average molecular weight is 291 g/mol. The predicted molar refractivity (Wildman–Crippen MR) is 78.6 cm³/mol. The highest BCUT2D eigenvalue weighted by Crippen LogP contribution is 2.25. The number of hydrogen-bond donors (Lipinski definition) is 0. The van der Waals surface area contributed by atoms with Crippen LogP contribution in [0.1, 0.15) is 43.6 Å². The summed E-state index contributed by atoms with van der Waals surface area (Å²) in [5.74, 6) is 0.705. The highest BCUT2D eigenvalue weighted by molar-refractivity contribution is 5.94. The van der Waals surface area contributed by atoms with Crippen molar-refractivity contribution >= 4 is 11.9 Å². The van der Waals surface area contributed by atoms with E-state index in [4.69, 9.17) is 9.47 Å². The first-order chi connectivity index (χ1) is 9.76. The minimum absolute atomic E-state index is 0.00846. The number of fused-ring (bicyclic) bond motifs is 1. The van der Waals surface area contributed by atoms with Gasteiger partial charge in [-0.2, -0.15) is 0 Å². The molecule has 0 spiro atoms. The Morgan fingerprint density at radius 2 is 2.00 bits per heavy atom. The van der Waals surface area contributed by atoms with Gasteiger partial charge in [-0.15, -0.1) is 0 Å². The van der Waals surface area contributed by atoms with Gasteiger partial charge in [0.2, 0.25) is 0 Å². The van der Waals surface area contributed by atoms with Crippen LogP contribution in [0.5, 0.6) is 5.75 Å². The SMILES string of the molecule is CC(=O)c1ccc2c(c1)CN(C(=O)OC(C)(C)C)CCO2. The van der Waals surface area contributed by atoms with Crippen LogP contribution < -0.4 is 4.74 Å². The summed E-state index contributed by atoms with van der Waals surface area (Å²) < 4.78 is 11.0. The van der Waals surface area contributed by atoms with Gasteiger partial charge in [0.15, 0.2) is 5.78 Å². The van der Waals surface area contributed by atoms with Crippen molar-refractivity contribution in [3.8, 4) is 5.75 Å². The van der Waals surface area contributed by atoms with E-state index in [0.29, 0.717) is 31.0 Å². The Balaban J connectivity index is 2.21. The molecule has 0 aliphatic carbocycles. The second-order valence-corrected chi connectivity index (χ2v) is 6.13. The number of rotatable bonds is 1. The molecule has 0 unspecified atom stereocenters. The fourth-order valence-corrected chi connectivity index (χ4v) is 2.10. The normalized spacial score (nSPS) is 14.8. The van der Waals surface area contributed by atoms with E-state index >= 15 is 0 Å². The lowest BCUT2D eigenvalue weighted by Crippen LogP contribution is -2.37. The summed E-state index contributed by atoms with van der Waals surface area (Å²) in [5.41, 5.74) is 0.906. The molecule has 1 heterocycles. The molecule has 0 saturated heterocycles. The molecule has 114 valence electrons. The van der Waals surface area contributed by atoms with Crippen molar-refractivity contribution in [3.05, 3.63) is 29.3 Å². The molecule has 1 aromatic carbocycles. The van der Waals surface area contributed by atoms with Gasteiger partial charge in [-0.05, 0) is 45.9 Å². The number of hydrogen-bond acceptors (Lipinski definition) is 4. The molecule has 5 nitrogen and oxygen atoms in total. The molecule has 0 saturated carbocycles. The summed E-state index contributed by atoms with van der Waals surface area (Å²) >= 11 is 0. The topological polar surface area (TPSA) is 55.8 Å². The first kappa shape index (κ1) is 15.4. The van der Waals surface area contributed by atoms with Gasteiger partial charge in [-0.1, -0.05) is 0 Å². The fourth-order valence-electron chi connectivity index (χ4n) is 2.10. The largest absolute Gasteiger partial charge is 0.491 e. The van der Waals surface area contributed by atoms with Crippen LogP contribution in [0.2, 0.25) is 0 Å². The summed E-state index contributed by atoms with van der Waals surface area (Å²) in [6.07, 6.45) is -0.368. The minimum Gasteiger partial charge on any atom is -0.491 e. The molecule has 1 amide bonds. The summed E-state index contributed by atoms with van der Waals surface area (Å²) in [5, 5.41) is 0. The summed E-state index contributed by atoms with van der Waals surface area (Å²) in [6.45, 7) is 8.27. The maximum atomic E-state index is 12.2. The van der Waals surface area contributed by atoms with E-state index in [0.717, 1.165) is 5.56 Å². The zero-order valence-electron chi connectivity index (χ0n) is 12.9. The molecule has 1 aromatic rings. The van der Waals surface area contributed by atoms with Crippen molar-refractivity contribution in [2.45, 2.75) is 39.8 Å². The number of carbonyl (C=O) groups is 2. The lowest BCUT2D eigenvalue weighted by molar-refractivity contribution is 0.0225. The van der Waals surface area contributed by atoms with E-state index < -0.39 is 5.60 Å². The zero-order chi connectivity index (χ0) is 15.6. The first-order valence-corrected chi connectivity index (χ1v) is 7.01. The number of carbonyl (C=O) groups excluding carboxylic acids is 2. The van der Waals surface area contributed by atoms with Gasteiger partial charge >= 0.3 is 6.09 Å². The Morgan fingerprint density at radius 1 is 1.29 bits per heavy atom. The third-order valence-electron chi connectivity index (χ3n) is 3.10. The number of ether oxygens (including phenoxy) is 2. The second-order valence-electron chi connectivity index (χ2n) is 6.13. The fraction of sp³-hybridized carbons (Fsp3) is 0.500. The van der Waals surface area contributed by atoms with E-state index in [1.165, 1.54) is 6.92 Å². The Bertz CT molecular complexity index is 560. The summed E-state index contributed by atoms with van der Waals surface area (Å²) in [4.78, 5) is 25.2. The molecular formula is C16H21NO4. The van der Waals surface area contributed by atoms with Crippen LogP contribution in [0.3, 0.4) is 0 Å². The minimum atomic E-state index is -0.533. The lowest BCUT2D eigenvalue weighted by atomic mass is 10.1. The van der Waals surface area contributed by atoms with Crippen molar-refractivity contribution in [1.82, 2.24) is 4.90 Å². The van der Waals surface area contributed by atoms with Crippen molar-refractivity contribution < 1.29 is 19.1 Å². The maximum Gasteiger partial charge on any atom is 0.410 e. The van der Waals surface area contributed by atoms with Gasteiger partial charge in [-0.25, -0.2) is 4.79 Å². The maximum absolute atomic E-state index is 12.2. The zero-order valence-corrected chi connectivity index (χ0v) is 12.9. The molecule has 1 aliphatic heterocycles. The molecule has 0 radical (unpaired) electrons. The smallest absolute Gasteiger partial charge is 0.410 e. The number of ketones is 1. The van der Waals surface area contributed by atoms with Gasteiger partial charge in [0, 0.05) is 11.1 Å². The van der Waals surface area contributed by atoms with Crippen LogP contribution in [0.4, 0.5) is 4.79 Å². The Kier molecular flexibility index (Phi) is 4.21. The molecule has 21 heavy (non-hydrogen) atoms. The van der Waals surface area contributed by atoms with E-state index in [1.807, 2.05) is 20.8 Å². The van der Waals surface area contributed by atoms with Crippen LogP contribution >= 0.6 is 0 Å². The van der Waals surface area contributed by atoms with E-state index in [2.05, 4.69) is 0 Å². The van der Waals surface area contributed by atoms with Gasteiger partial charge in [0.1, 0.15) is 18.0 Å². The Hall–Kier alpha value is -2.04. The monoisotopic (exact) mass is 291 g/mol. The van der Waals surface area contributed by atoms with Crippen molar-refractivity contribution in [1.29, 1.82) is 0 Å². The van der Waals surface area contributed by atoms with E-state index in [1.54, 1.807) is 23.1 Å². The Labute approximate surface area is 124 Å². The van der Waals surface area contributed by atoms with Gasteiger partial charge < -0.3 is 14.4 Å². The third kappa shape index (κ3) is 3.97. The molecule has 0 aromatic heterocycles. The van der Waals surface area contributed by atoms with Crippen LogP contribution in [-0.4, -0.2) is 35.5 Å². The molecule has 2 rings (SSSR count). The van der Waals surface area contributed by atoms with Crippen LogP contribution in [-0.2, 0) is 11.3 Å². The number of Topliss-reactive ketones (excluding diaryl/α,β-unsaturated/α-hetero) is 1. The highest BCUT2D eigenvalue weighted by Gasteiger charge is 2.25. The molecule has 0 atom stereocenters. The number of nitrogens with zero attached hydrogens (tertiary/aromatic N) is 1. The van der Waals surface area contributed by atoms with Gasteiger partial charge in [0.05, 0.1) is 13.1 Å². The van der Waals surface area contributed by atoms with Gasteiger partial charge in [0.25, 0.3) is 0 Å². The predicted octanol–water partition coefficient (Wildman–Crippen LogP) is 3.02. The molecule has 0 fully saturated rings. The van der Waals surface area contributed by atoms with Crippen molar-refractivity contribution in [3.63, 3.8) is 0 Å². The van der Waals surface area contributed by atoms with Crippen molar-refractivity contribution in [2.24, 2.45) is 0 Å². The highest BCUT2D eigenvalue weighted by atomic mass is 16.6. The van der Waals surface area contributed by atoms with E-state index in [-0.39, 0.29) is 11.9 Å². The molecule has 0 N–H and O–H groups in total. The van der Waals surface area contributed by atoms with Gasteiger partial charge in [-0.3, -0.25) is 4.79 Å². The van der Waals surface area contributed by atoms with Crippen LogP contribution in [0, 0.1) is 0 Å². The number of amides is 1. The standard InChI is InChI=1S/C16H21NO4/c1-11(18)12-5-6-14-13(9-12)10-17(7-8-20-14)15(19)21-16(2,3)4/h5-6,9H,7-8,10H2,1-4H3. The molecule has 5 heteroatoms. The average Bonchev–Trinajstić information content (AvgIpc) is 2.57. The van der Waals surface area contributed by atoms with Crippen LogP contribution in [0.25, 0.3) is 0 Å². The summed E-state index contributed by atoms with van der Waals surface area (Å²) in [6, 6.07) is 5.30. The third-order valence-corrected chi connectivity index (χ3v) is 3.10. The summed E-state index contributed by atoms with van der Waals surface area (Å²) in [7, 11) is 0. The molecule has 0 bridgehead atoms. The molecule has 1 aliphatic rings. The first-order valence-electron chi connectivity index (χ1n) is 7.01. The Morgan fingerprint density at radius 3 is 2.62 bits per heavy atom. The van der Waals surface area contributed by atoms with E-state index in [9.17, 15) is 9.59 Å².